The first-order valence-electron chi connectivity index (χ1n) is 10.0. The van der Waals surface area contributed by atoms with Gasteiger partial charge in [-0.1, -0.05) is 29.8 Å². The first-order chi connectivity index (χ1) is 14.3. The maximum absolute atomic E-state index is 13.3. The summed E-state index contributed by atoms with van der Waals surface area (Å²) >= 11 is 3.41. The lowest BCUT2D eigenvalue weighted by molar-refractivity contribution is 0.409. The third-order valence-corrected chi connectivity index (χ3v) is 7.49. The van der Waals surface area contributed by atoms with Crippen molar-refractivity contribution in [1.29, 1.82) is 0 Å². The van der Waals surface area contributed by atoms with Crippen molar-refractivity contribution in [3.8, 4) is 11.5 Å². The van der Waals surface area contributed by atoms with E-state index < -0.39 is 10.0 Å². The quantitative estimate of drug-likeness (QED) is 0.427. The van der Waals surface area contributed by atoms with Gasteiger partial charge >= 0.3 is 0 Å². The minimum absolute atomic E-state index is 0.293. The molecule has 0 bridgehead atoms. The summed E-state index contributed by atoms with van der Waals surface area (Å²) in [6.45, 7) is 8.83. The Morgan fingerprint density at radius 3 is 2.33 bits per heavy atom. The molecular formula is C21H27BrN4O3S. The molecule has 0 unspecified atom stereocenters. The lowest BCUT2D eigenvalue weighted by atomic mass is 10.2. The number of hydrogen-bond donors (Lipinski definition) is 0. The minimum atomic E-state index is -3.60. The zero-order valence-corrected chi connectivity index (χ0v) is 20.1. The van der Waals surface area contributed by atoms with E-state index in [9.17, 15) is 8.42 Å². The summed E-state index contributed by atoms with van der Waals surface area (Å²) in [6, 6.07) is 7.69. The van der Waals surface area contributed by atoms with Gasteiger partial charge in [0.2, 0.25) is 15.9 Å². The molecule has 0 radical (unpaired) electrons. The molecular weight excluding hydrogens is 468 g/mol. The summed E-state index contributed by atoms with van der Waals surface area (Å²) < 4.78 is 36.4. The smallest absolute Gasteiger partial charge is 0.246 e. The van der Waals surface area contributed by atoms with E-state index in [0.717, 1.165) is 22.9 Å². The molecule has 0 atom stereocenters. The summed E-state index contributed by atoms with van der Waals surface area (Å²) in [5, 5.41) is 4.49. The Morgan fingerprint density at radius 2 is 1.73 bits per heavy atom. The van der Waals surface area contributed by atoms with Crippen molar-refractivity contribution in [3.05, 3.63) is 52.1 Å². The van der Waals surface area contributed by atoms with Gasteiger partial charge in [0, 0.05) is 23.1 Å². The van der Waals surface area contributed by atoms with Gasteiger partial charge in [-0.2, -0.15) is 9.40 Å². The average molecular weight is 495 g/mol. The van der Waals surface area contributed by atoms with E-state index in [2.05, 4.69) is 26.0 Å². The zero-order valence-electron chi connectivity index (χ0n) is 17.7. The Balaban J connectivity index is 1.88. The Hall–Kier alpha value is -1.97. The van der Waals surface area contributed by atoms with E-state index in [1.165, 1.54) is 0 Å². The lowest BCUT2D eigenvalue weighted by Crippen LogP contribution is -2.33. The van der Waals surface area contributed by atoms with Gasteiger partial charge in [0.1, 0.15) is 16.9 Å². The van der Waals surface area contributed by atoms with Crippen LogP contribution in [0.15, 0.2) is 44.3 Å². The number of hydrogen-bond acceptors (Lipinski definition) is 5. The molecule has 3 rings (SSSR count). The molecule has 2 heterocycles. The standard InChI is InChI=1S/C21H27BrN4O3S/c1-5-11-25(12-6-2)30(27,28)20-15(3)24-26(16(20)4)13-19-14-29-21(23-19)17-7-9-18(22)10-8-17/h7-10,14H,5-6,11-13H2,1-4H3. The Kier molecular flexibility index (Phi) is 7.15. The molecule has 162 valence electrons. The molecule has 3 aromatic rings. The van der Waals surface area contributed by atoms with Crippen LogP contribution >= 0.6 is 15.9 Å². The highest BCUT2D eigenvalue weighted by atomic mass is 79.9. The summed E-state index contributed by atoms with van der Waals surface area (Å²) in [4.78, 5) is 4.83. The van der Waals surface area contributed by atoms with Crippen molar-refractivity contribution in [3.63, 3.8) is 0 Å². The van der Waals surface area contributed by atoms with Crippen molar-refractivity contribution in [2.24, 2.45) is 0 Å². The minimum Gasteiger partial charge on any atom is -0.444 e. The summed E-state index contributed by atoms with van der Waals surface area (Å²) in [5.74, 6) is 0.518. The van der Waals surface area contributed by atoms with Crippen molar-refractivity contribution in [1.82, 2.24) is 19.1 Å². The van der Waals surface area contributed by atoms with E-state index in [1.807, 2.05) is 38.1 Å². The van der Waals surface area contributed by atoms with Crippen LogP contribution in [0.1, 0.15) is 43.8 Å². The van der Waals surface area contributed by atoms with E-state index in [-0.39, 0.29) is 0 Å². The number of aryl methyl sites for hydroxylation is 1. The van der Waals surface area contributed by atoms with Crippen LogP contribution in [-0.2, 0) is 16.6 Å². The number of nitrogens with zero attached hydrogens (tertiary/aromatic N) is 4. The fraction of sp³-hybridized carbons (Fsp3) is 0.429. The molecule has 7 nitrogen and oxygen atoms in total. The van der Waals surface area contributed by atoms with Gasteiger partial charge < -0.3 is 4.42 Å². The van der Waals surface area contributed by atoms with E-state index >= 15 is 0 Å². The highest BCUT2D eigenvalue weighted by Crippen LogP contribution is 2.26. The second kappa shape index (κ2) is 9.45. The van der Waals surface area contributed by atoms with Gasteiger partial charge in [-0.3, -0.25) is 4.68 Å². The second-order valence-corrected chi connectivity index (χ2v) is 10.0. The molecule has 9 heteroatoms. The van der Waals surface area contributed by atoms with Gasteiger partial charge in [-0.05, 0) is 51.0 Å². The summed E-state index contributed by atoms with van der Waals surface area (Å²) in [7, 11) is -3.60. The van der Waals surface area contributed by atoms with Crippen LogP contribution in [0.25, 0.3) is 11.5 Å². The van der Waals surface area contributed by atoms with Crippen LogP contribution in [0.4, 0.5) is 0 Å². The van der Waals surface area contributed by atoms with Crippen LogP contribution in [0.2, 0.25) is 0 Å². The molecule has 1 aromatic carbocycles. The largest absolute Gasteiger partial charge is 0.444 e. The van der Waals surface area contributed by atoms with E-state index in [0.29, 0.717) is 47.5 Å². The van der Waals surface area contributed by atoms with Crippen LogP contribution in [0.3, 0.4) is 0 Å². The van der Waals surface area contributed by atoms with Gasteiger partial charge in [-0.25, -0.2) is 13.4 Å². The maximum atomic E-state index is 13.3. The molecule has 30 heavy (non-hydrogen) atoms. The Labute approximate surface area is 186 Å². The third kappa shape index (κ3) is 4.68. The van der Waals surface area contributed by atoms with Gasteiger partial charge in [0.25, 0.3) is 0 Å². The van der Waals surface area contributed by atoms with Crippen molar-refractivity contribution >= 4 is 26.0 Å². The molecule has 0 amide bonds. The molecule has 0 aliphatic carbocycles. The van der Waals surface area contributed by atoms with Crippen molar-refractivity contribution in [2.75, 3.05) is 13.1 Å². The zero-order chi connectivity index (χ0) is 21.9. The second-order valence-electron chi connectivity index (χ2n) is 7.21. The third-order valence-electron chi connectivity index (χ3n) is 4.81. The maximum Gasteiger partial charge on any atom is 0.246 e. The Morgan fingerprint density at radius 1 is 1.10 bits per heavy atom. The molecule has 0 saturated heterocycles. The Bertz CT molecular complexity index is 1100. The fourth-order valence-corrected chi connectivity index (χ4v) is 5.71. The van der Waals surface area contributed by atoms with Crippen LogP contribution in [0.5, 0.6) is 0 Å². The number of halogens is 1. The highest BCUT2D eigenvalue weighted by molar-refractivity contribution is 9.10. The molecule has 0 spiro atoms. The van der Waals surface area contributed by atoms with Gasteiger partial charge in [-0.15, -0.1) is 0 Å². The number of rotatable bonds is 9. The first-order valence-corrected chi connectivity index (χ1v) is 12.3. The highest BCUT2D eigenvalue weighted by Gasteiger charge is 2.30. The predicted octanol–water partition coefficient (Wildman–Crippen LogP) is 4.78. The molecule has 2 aromatic heterocycles. The van der Waals surface area contributed by atoms with E-state index in [1.54, 1.807) is 29.1 Å². The molecule has 0 N–H and O–H groups in total. The monoisotopic (exact) mass is 494 g/mol. The number of oxazole rings is 1. The molecule has 0 saturated carbocycles. The van der Waals surface area contributed by atoms with Crippen LogP contribution < -0.4 is 0 Å². The van der Waals surface area contributed by atoms with Crippen molar-refractivity contribution < 1.29 is 12.8 Å². The topological polar surface area (TPSA) is 81.2 Å². The van der Waals surface area contributed by atoms with Crippen molar-refractivity contribution in [2.45, 2.75) is 52.0 Å². The summed E-state index contributed by atoms with van der Waals surface area (Å²) in [6.07, 6.45) is 3.12. The number of sulfonamides is 1. The van der Waals surface area contributed by atoms with Crippen LogP contribution in [-0.4, -0.2) is 40.6 Å². The molecule has 0 fully saturated rings. The van der Waals surface area contributed by atoms with Gasteiger partial charge in [0.05, 0.1) is 17.9 Å². The summed E-state index contributed by atoms with van der Waals surface area (Å²) in [5.41, 5.74) is 2.66. The van der Waals surface area contributed by atoms with Crippen LogP contribution in [0, 0.1) is 13.8 Å². The number of benzene rings is 1. The van der Waals surface area contributed by atoms with E-state index in [4.69, 9.17) is 4.42 Å². The fourth-order valence-electron chi connectivity index (χ4n) is 3.45. The van der Waals surface area contributed by atoms with Gasteiger partial charge in [0.15, 0.2) is 0 Å². The predicted molar refractivity (Wildman–Crippen MR) is 120 cm³/mol. The number of aromatic nitrogens is 3. The lowest BCUT2D eigenvalue weighted by Gasteiger charge is -2.21. The first kappa shape index (κ1) is 22.7. The molecule has 0 aliphatic rings. The molecule has 0 aliphatic heterocycles. The average Bonchev–Trinajstić information content (AvgIpc) is 3.27. The normalized spacial score (nSPS) is 12.1. The SMILES string of the molecule is CCCN(CCC)S(=O)(=O)c1c(C)nn(Cc2coc(-c3ccc(Br)cc3)n2)c1C.